The normalized spacial score (nSPS) is 16.6. The van der Waals surface area contributed by atoms with E-state index >= 15 is 0 Å². The van der Waals surface area contributed by atoms with Crippen LogP contribution in [0.1, 0.15) is 43.9 Å². The van der Waals surface area contributed by atoms with Crippen LogP contribution in [0.3, 0.4) is 0 Å². The van der Waals surface area contributed by atoms with Crippen molar-refractivity contribution in [1.29, 1.82) is 0 Å². The topological polar surface area (TPSA) is 29.9 Å². The van der Waals surface area contributed by atoms with Gasteiger partial charge in [0.25, 0.3) is 0 Å². The van der Waals surface area contributed by atoms with Crippen molar-refractivity contribution >= 4 is 0 Å². The second-order valence-corrected chi connectivity index (χ2v) is 4.49. The van der Waals surface area contributed by atoms with Crippen molar-refractivity contribution < 1.29 is 0 Å². The largest absolute Gasteiger partial charge is 0.310 e. The van der Waals surface area contributed by atoms with Crippen LogP contribution in [0.25, 0.3) is 0 Å². The number of nitrogens with one attached hydrogen (secondary N) is 1. The molecule has 78 valence electrons. The molecule has 2 rings (SSSR count). The van der Waals surface area contributed by atoms with Gasteiger partial charge in [-0.05, 0) is 18.8 Å². The highest BCUT2D eigenvalue weighted by atomic mass is 15.3. The van der Waals surface area contributed by atoms with Gasteiger partial charge in [-0.1, -0.05) is 13.8 Å². The minimum Gasteiger partial charge on any atom is -0.310 e. The third-order valence-electron chi connectivity index (χ3n) is 2.77. The lowest BCUT2D eigenvalue weighted by atomic mass is 10.1. The lowest BCUT2D eigenvalue weighted by molar-refractivity contribution is 0.642. The smallest absolute Gasteiger partial charge is 0.0537 e. The van der Waals surface area contributed by atoms with Gasteiger partial charge in [0.05, 0.1) is 6.20 Å². The summed E-state index contributed by atoms with van der Waals surface area (Å²) in [6.07, 6.45) is 4.68. The van der Waals surface area contributed by atoms with Crippen LogP contribution in [-0.2, 0) is 13.6 Å². The molecule has 1 aliphatic rings. The van der Waals surface area contributed by atoms with Gasteiger partial charge in [0.15, 0.2) is 0 Å². The van der Waals surface area contributed by atoms with Crippen LogP contribution in [0, 0.1) is 0 Å². The molecule has 1 fully saturated rings. The Hall–Kier alpha value is -0.830. The minimum absolute atomic E-state index is 0.554. The van der Waals surface area contributed by atoms with Crippen LogP contribution in [-0.4, -0.2) is 15.8 Å². The van der Waals surface area contributed by atoms with E-state index < -0.39 is 0 Å². The standard InChI is InChI=1S/C11H19N3/c1-8(2)11-9(7-13-14(11)3)6-12-10-4-5-10/h7-8,10,12H,4-6H2,1-3H3. The maximum atomic E-state index is 4.31. The minimum atomic E-state index is 0.554. The number of aromatic nitrogens is 2. The third-order valence-corrected chi connectivity index (χ3v) is 2.77. The zero-order valence-electron chi connectivity index (χ0n) is 9.25. The summed E-state index contributed by atoms with van der Waals surface area (Å²) < 4.78 is 1.99. The summed E-state index contributed by atoms with van der Waals surface area (Å²) in [5.74, 6) is 0.554. The van der Waals surface area contributed by atoms with E-state index in [-0.39, 0.29) is 0 Å². The number of aryl methyl sites for hydroxylation is 1. The summed E-state index contributed by atoms with van der Waals surface area (Å²) in [6, 6.07) is 0.773. The summed E-state index contributed by atoms with van der Waals surface area (Å²) in [7, 11) is 2.02. The molecule has 3 heteroatoms. The molecule has 1 saturated carbocycles. The van der Waals surface area contributed by atoms with Crippen molar-refractivity contribution in [1.82, 2.24) is 15.1 Å². The number of nitrogens with zero attached hydrogens (tertiary/aromatic N) is 2. The predicted molar refractivity (Wildman–Crippen MR) is 57.2 cm³/mol. The highest BCUT2D eigenvalue weighted by Gasteiger charge is 2.21. The van der Waals surface area contributed by atoms with E-state index in [0.717, 1.165) is 12.6 Å². The van der Waals surface area contributed by atoms with E-state index in [0.29, 0.717) is 5.92 Å². The summed E-state index contributed by atoms with van der Waals surface area (Å²) in [6.45, 7) is 5.42. The van der Waals surface area contributed by atoms with Crippen molar-refractivity contribution in [2.45, 2.75) is 45.2 Å². The van der Waals surface area contributed by atoms with Gasteiger partial charge in [0.1, 0.15) is 0 Å². The van der Waals surface area contributed by atoms with Crippen molar-refractivity contribution in [3.63, 3.8) is 0 Å². The highest BCUT2D eigenvalue weighted by molar-refractivity contribution is 5.20. The first-order chi connectivity index (χ1) is 6.68. The molecule has 0 aromatic carbocycles. The molecule has 1 aromatic rings. The fourth-order valence-corrected chi connectivity index (χ4v) is 1.91. The Morgan fingerprint density at radius 3 is 2.86 bits per heavy atom. The predicted octanol–water partition coefficient (Wildman–Crippen LogP) is 1.80. The Morgan fingerprint density at radius 2 is 2.29 bits per heavy atom. The first-order valence-electron chi connectivity index (χ1n) is 5.42. The summed E-state index contributed by atoms with van der Waals surface area (Å²) in [4.78, 5) is 0. The van der Waals surface area contributed by atoms with Gasteiger partial charge in [-0.3, -0.25) is 4.68 Å². The Balaban J connectivity index is 2.06. The quantitative estimate of drug-likeness (QED) is 0.790. The molecule has 0 spiro atoms. The van der Waals surface area contributed by atoms with Crippen LogP contribution in [0.2, 0.25) is 0 Å². The van der Waals surface area contributed by atoms with Gasteiger partial charge in [0.2, 0.25) is 0 Å². The number of hydrogen-bond acceptors (Lipinski definition) is 2. The average Bonchev–Trinajstić information content (AvgIpc) is 2.86. The zero-order valence-corrected chi connectivity index (χ0v) is 9.25. The Bertz CT molecular complexity index is 310. The van der Waals surface area contributed by atoms with Crippen LogP contribution in [0.5, 0.6) is 0 Å². The van der Waals surface area contributed by atoms with E-state index in [1.54, 1.807) is 0 Å². The Kier molecular flexibility index (Phi) is 2.59. The molecule has 1 N–H and O–H groups in total. The molecular formula is C11H19N3. The van der Waals surface area contributed by atoms with Crippen molar-refractivity contribution in [3.8, 4) is 0 Å². The van der Waals surface area contributed by atoms with Gasteiger partial charge in [0, 0.05) is 30.9 Å². The fourth-order valence-electron chi connectivity index (χ4n) is 1.91. The fraction of sp³-hybridized carbons (Fsp3) is 0.727. The van der Waals surface area contributed by atoms with E-state index in [4.69, 9.17) is 0 Å². The molecule has 0 atom stereocenters. The highest BCUT2D eigenvalue weighted by Crippen LogP contribution is 2.22. The number of rotatable bonds is 4. The van der Waals surface area contributed by atoms with E-state index in [1.165, 1.54) is 24.1 Å². The molecule has 0 radical (unpaired) electrons. The summed E-state index contributed by atoms with van der Waals surface area (Å²) >= 11 is 0. The molecule has 1 aromatic heterocycles. The Morgan fingerprint density at radius 1 is 1.57 bits per heavy atom. The van der Waals surface area contributed by atoms with Crippen molar-refractivity contribution in [2.75, 3.05) is 0 Å². The average molecular weight is 193 g/mol. The molecule has 0 amide bonds. The SMILES string of the molecule is CC(C)c1c(CNC2CC2)cnn1C. The molecule has 14 heavy (non-hydrogen) atoms. The first kappa shape index (κ1) is 9.71. The molecule has 1 aliphatic carbocycles. The van der Waals surface area contributed by atoms with Gasteiger partial charge in [-0.15, -0.1) is 0 Å². The van der Waals surface area contributed by atoms with E-state index in [9.17, 15) is 0 Å². The second-order valence-electron chi connectivity index (χ2n) is 4.49. The zero-order chi connectivity index (χ0) is 10.1. The van der Waals surface area contributed by atoms with Crippen LogP contribution >= 0.6 is 0 Å². The van der Waals surface area contributed by atoms with E-state index in [1.807, 2.05) is 17.9 Å². The van der Waals surface area contributed by atoms with Crippen molar-refractivity contribution in [2.24, 2.45) is 7.05 Å². The Labute approximate surface area is 85.5 Å². The molecular weight excluding hydrogens is 174 g/mol. The first-order valence-corrected chi connectivity index (χ1v) is 5.42. The van der Waals surface area contributed by atoms with Crippen LogP contribution in [0.4, 0.5) is 0 Å². The monoisotopic (exact) mass is 193 g/mol. The number of hydrogen-bond donors (Lipinski definition) is 1. The molecule has 3 nitrogen and oxygen atoms in total. The molecule has 0 unspecified atom stereocenters. The lowest BCUT2D eigenvalue weighted by Gasteiger charge is -2.09. The van der Waals surface area contributed by atoms with Crippen molar-refractivity contribution in [3.05, 3.63) is 17.5 Å². The van der Waals surface area contributed by atoms with Gasteiger partial charge >= 0.3 is 0 Å². The van der Waals surface area contributed by atoms with Gasteiger partial charge < -0.3 is 5.32 Å². The second kappa shape index (κ2) is 3.73. The van der Waals surface area contributed by atoms with E-state index in [2.05, 4.69) is 24.3 Å². The van der Waals surface area contributed by atoms with Gasteiger partial charge in [-0.2, -0.15) is 5.10 Å². The molecule has 1 heterocycles. The third kappa shape index (κ3) is 1.98. The summed E-state index contributed by atoms with van der Waals surface area (Å²) in [5.41, 5.74) is 2.72. The maximum Gasteiger partial charge on any atom is 0.0537 e. The van der Waals surface area contributed by atoms with Crippen LogP contribution in [0.15, 0.2) is 6.20 Å². The summed E-state index contributed by atoms with van der Waals surface area (Å²) in [5, 5.41) is 7.84. The van der Waals surface area contributed by atoms with Crippen LogP contribution < -0.4 is 5.32 Å². The maximum absolute atomic E-state index is 4.31. The molecule has 0 aliphatic heterocycles. The molecule has 0 bridgehead atoms. The molecule has 0 saturated heterocycles. The van der Waals surface area contributed by atoms with Gasteiger partial charge in [-0.25, -0.2) is 0 Å². The lowest BCUT2D eigenvalue weighted by Crippen LogP contribution is -2.16.